The summed E-state index contributed by atoms with van der Waals surface area (Å²) in [4.78, 5) is 62.5. The number of rotatable bonds is 12. The molecule has 0 aliphatic rings. The average Bonchev–Trinajstić information content (AvgIpc) is 2.93. The first-order valence-corrected chi connectivity index (χ1v) is 13.3. The molecule has 226 valence electrons. The molecule has 2 aromatic carbocycles. The predicted molar refractivity (Wildman–Crippen MR) is 154 cm³/mol. The number of hydrogen-bond donors (Lipinski definition) is 6. The van der Waals surface area contributed by atoms with E-state index >= 15 is 0 Å². The quantitative estimate of drug-likeness (QED) is 0.127. The van der Waals surface area contributed by atoms with Gasteiger partial charge in [-0.2, -0.15) is 0 Å². The van der Waals surface area contributed by atoms with Crippen molar-refractivity contribution in [2.24, 2.45) is 5.41 Å². The van der Waals surface area contributed by atoms with Gasteiger partial charge in [-0.15, -0.1) is 0 Å². The van der Waals surface area contributed by atoms with E-state index in [1.807, 2.05) is 20.8 Å². The van der Waals surface area contributed by atoms with Crippen LogP contribution in [-0.2, 0) is 25.7 Å². The minimum absolute atomic E-state index is 0.0869. The maximum Gasteiger partial charge on any atom is 0.267 e. The average molecular weight is 584 g/mol. The van der Waals surface area contributed by atoms with Crippen LogP contribution < -0.4 is 26.7 Å². The molecule has 2 aromatic rings. The van der Waals surface area contributed by atoms with Crippen LogP contribution in [0.25, 0.3) is 6.08 Å². The molecule has 2 atom stereocenters. The van der Waals surface area contributed by atoms with Gasteiger partial charge in [-0.1, -0.05) is 45.0 Å². The SMILES string of the molecule is Cc1ccc(CNC(=O)[C@H](C)NC(=O)[C@H](CC(=O)NCC(C)(C)C)NC(=O)c2ccc(/C=C/C(=O)NO)cc2)c(F)c1. The number of hydroxylamine groups is 1. The predicted octanol–water partition coefficient (Wildman–Crippen LogP) is 2.12. The van der Waals surface area contributed by atoms with E-state index in [2.05, 4.69) is 21.3 Å². The fourth-order valence-corrected chi connectivity index (χ4v) is 3.54. The van der Waals surface area contributed by atoms with Crippen LogP contribution >= 0.6 is 0 Å². The number of amides is 5. The van der Waals surface area contributed by atoms with E-state index in [0.29, 0.717) is 12.1 Å². The van der Waals surface area contributed by atoms with Crippen LogP contribution in [-0.4, -0.2) is 53.4 Å². The molecule has 0 aliphatic heterocycles. The summed E-state index contributed by atoms with van der Waals surface area (Å²) < 4.78 is 14.1. The lowest BCUT2D eigenvalue weighted by atomic mass is 9.97. The summed E-state index contributed by atoms with van der Waals surface area (Å²) in [6, 6.07) is 8.28. The number of nitrogens with one attached hydrogen (secondary N) is 5. The standard InChI is InChI=1S/C30H38FN5O6/c1-18-6-10-22(23(31)14-18)16-32-27(39)19(2)34-29(41)24(15-26(38)33-17-30(3,4)5)35-28(40)21-11-7-20(8-12-21)9-13-25(37)36-42/h6-14,19,24,42H,15-17H2,1-5H3,(H,32,39)(H,33,38)(H,34,41)(H,35,40)(H,36,37)/b13-9+/t19-,24-/m0/s1. The van der Waals surface area contributed by atoms with Gasteiger partial charge in [-0.3, -0.25) is 29.2 Å². The zero-order chi connectivity index (χ0) is 31.4. The largest absolute Gasteiger partial charge is 0.355 e. The van der Waals surface area contributed by atoms with Crippen molar-refractivity contribution in [3.63, 3.8) is 0 Å². The summed E-state index contributed by atoms with van der Waals surface area (Å²) in [5.74, 6) is -3.64. The van der Waals surface area contributed by atoms with Crippen molar-refractivity contribution in [2.75, 3.05) is 6.54 Å². The highest BCUT2D eigenvalue weighted by Gasteiger charge is 2.27. The number of carbonyl (C=O) groups excluding carboxylic acids is 5. The molecule has 0 radical (unpaired) electrons. The van der Waals surface area contributed by atoms with Gasteiger partial charge in [-0.25, -0.2) is 9.87 Å². The van der Waals surface area contributed by atoms with Gasteiger partial charge in [0.25, 0.3) is 11.8 Å². The second-order valence-corrected chi connectivity index (χ2v) is 11.0. The van der Waals surface area contributed by atoms with E-state index < -0.39 is 47.4 Å². The molecule has 0 unspecified atom stereocenters. The van der Waals surface area contributed by atoms with Crippen molar-refractivity contribution in [2.45, 2.75) is 59.7 Å². The minimum Gasteiger partial charge on any atom is -0.355 e. The zero-order valence-corrected chi connectivity index (χ0v) is 24.3. The zero-order valence-electron chi connectivity index (χ0n) is 24.3. The Labute approximate surface area is 244 Å². The second kappa shape index (κ2) is 15.4. The Balaban J connectivity index is 2.10. The van der Waals surface area contributed by atoms with Crippen molar-refractivity contribution in [1.82, 2.24) is 26.7 Å². The van der Waals surface area contributed by atoms with Gasteiger partial charge in [-0.05, 0) is 54.7 Å². The van der Waals surface area contributed by atoms with Crippen molar-refractivity contribution in [1.29, 1.82) is 0 Å². The molecule has 6 N–H and O–H groups in total. The Morgan fingerprint density at radius 3 is 2.21 bits per heavy atom. The van der Waals surface area contributed by atoms with Crippen LogP contribution in [0.3, 0.4) is 0 Å². The fourth-order valence-electron chi connectivity index (χ4n) is 3.54. The van der Waals surface area contributed by atoms with E-state index in [1.54, 1.807) is 31.2 Å². The topological polar surface area (TPSA) is 166 Å². The van der Waals surface area contributed by atoms with Gasteiger partial charge in [0.2, 0.25) is 17.7 Å². The summed E-state index contributed by atoms with van der Waals surface area (Å²) in [6.45, 7) is 9.21. The Morgan fingerprint density at radius 2 is 1.62 bits per heavy atom. The molecule has 11 nitrogen and oxygen atoms in total. The van der Waals surface area contributed by atoms with E-state index in [0.717, 1.165) is 11.6 Å². The van der Waals surface area contributed by atoms with Gasteiger partial charge in [0.05, 0.1) is 6.42 Å². The lowest BCUT2D eigenvalue weighted by molar-refractivity contribution is -0.131. The van der Waals surface area contributed by atoms with Gasteiger partial charge in [0, 0.05) is 30.3 Å². The Bertz CT molecular complexity index is 1320. The molecule has 0 bridgehead atoms. The highest BCUT2D eigenvalue weighted by atomic mass is 19.1. The molecule has 12 heteroatoms. The molecular weight excluding hydrogens is 545 g/mol. The van der Waals surface area contributed by atoms with Crippen molar-refractivity contribution >= 4 is 35.6 Å². The van der Waals surface area contributed by atoms with E-state index in [-0.39, 0.29) is 29.5 Å². The van der Waals surface area contributed by atoms with Gasteiger partial charge in [0.1, 0.15) is 17.9 Å². The first kappa shape index (κ1) is 33.6. The molecule has 0 fully saturated rings. The van der Waals surface area contributed by atoms with Crippen molar-refractivity contribution in [3.8, 4) is 0 Å². The third kappa shape index (κ3) is 11.5. The van der Waals surface area contributed by atoms with Gasteiger partial charge in [0.15, 0.2) is 0 Å². The van der Waals surface area contributed by atoms with Crippen molar-refractivity contribution in [3.05, 3.63) is 76.6 Å². The Morgan fingerprint density at radius 1 is 0.952 bits per heavy atom. The molecule has 0 saturated heterocycles. The molecule has 42 heavy (non-hydrogen) atoms. The molecule has 0 aliphatic carbocycles. The number of aryl methyl sites for hydroxylation is 1. The highest BCUT2D eigenvalue weighted by molar-refractivity contribution is 6.00. The maximum absolute atomic E-state index is 14.1. The number of hydrogen-bond acceptors (Lipinski definition) is 6. The molecule has 2 rings (SSSR count). The smallest absolute Gasteiger partial charge is 0.267 e. The first-order valence-electron chi connectivity index (χ1n) is 13.3. The molecule has 0 heterocycles. The minimum atomic E-state index is -1.31. The maximum atomic E-state index is 14.1. The van der Waals surface area contributed by atoms with Gasteiger partial charge < -0.3 is 21.3 Å². The van der Waals surface area contributed by atoms with E-state index in [1.165, 1.54) is 36.7 Å². The molecule has 0 saturated carbocycles. The highest BCUT2D eigenvalue weighted by Crippen LogP contribution is 2.12. The van der Waals surface area contributed by atoms with Crippen LogP contribution in [0.1, 0.15) is 61.2 Å². The third-order valence-corrected chi connectivity index (χ3v) is 5.95. The Hall–Kier alpha value is -4.58. The number of halogens is 1. The molecule has 0 spiro atoms. The molecular formula is C30H38FN5O6. The molecule has 0 aromatic heterocycles. The van der Waals surface area contributed by atoms with Crippen LogP contribution in [0.5, 0.6) is 0 Å². The summed E-state index contributed by atoms with van der Waals surface area (Å²) >= 11 is 0. The Kier molecular flexibility index (Phi) is 12.4. The summed E-state index contributed by atoms with van der Waals surface area (Å²) in [6.07, 6.45) is 2.14. The lowest BCUT2D eigenvalue weighted by Crippen LogP contribution is -2.54. The lowest BCUT2D eigenvalue weighted by Gasteiger charge is -2.23. The second-order valence-electron chi connectivity index (χ2n) is 11.0. The van der Waals surface area contributed by atoms with Crippen LogP contribution in [0.4, 0.5) is 4.39 Å². The first-order chi connectivity index (χ1) is 19.7. The summed E-state index contributed by atoms with van der Waals surface area (Å²) in [5.41, 5.74) is 3.02. The van der Waals surface area contributed by atoms with Gasteiger partial charge >= 0.3 is 0 Å². The van der Waals surface area contributed by atoms with Crippen LogP contribution in [0.2, 0.25) is 0 Å². The summed E-state index contributed by atoms with van der Waals surface area (Å²) in [7, 11) is 0. The third-order valence-electron chi connectivity index (χ3n) is 5.95. The molecule has 5 amide bonds. The van der Waals surface area contributed by atoms with Crippen LogP contribution in [0.15, 0.2) is 48.5 Å². The fraction of sp³-hybridized carbons (Fsp3) is 0.367. The number of carbonyl (C=O) groups is 5. The normalized spacial score (nSPS) is 12.6. The van der Waals surface area contributed by atoms with E-state index in [4.69, 9.17) is 5.21 Å². The summed E-state index contributed by atoms with van der Waals surface area (Å²) in [5, 5.41) is 18.9. The van der Waals surface area contributed by atoms with Crippen molar-refractivity contribution < 1.29 is 33.6 Å². The monoisotopic (exact) mass is 583 g/mol. The number of benzene rings is 2. The van der Waals surface area contributed by atoms with E-state index in [9.17, 15) is 28.4 Å². The van der Waals surface area contributed by atoms with Crippen LogP contribution in [0, 0.1) is 18.2 Å².